The van der Waals surface area contributed by atoms with Gasteiger partial charge in [0, 0.05) is 28.8 Å². The Hall–Kier alpha value is -1.13. The van der Waals surface area contributed by atoms with Crippen LogP contribution in [0.2, 0.25) is 0 Å². The van der Waals surface area contributed by atoms with Crippen molar-refractivity contribution < 1.29 is 0 Å². The van der Waals surface area contributed by atoms with Gasteiger partial charge < -0.3 is 5.32 Å². The van der Waals surface area contributed by atoms with Crippen LogP contribution >= 0.6 is 15.9 Å². The van der Waals surface area contributed by atoms with Gasteiger partial charge in [0.15, 0.2) is 0 Å². The van der Waals surface area contributed by atoms with Gasteiger partial charge in [0.2, 0.25) is 0 Å². The van der Waals surface area contributed by atoms with Crippen molar-refractivity contribution in [2.24, 2.45) is 0 Å². The largest absolute Gasteiger partial charge is 0.308 e. The first-order chi connectivity index (χ1) is 7.77. The molecule has 2 N–H and O–H groups in total. The predicted molar refractivity (Wildman–Crippen MR) is 68.0 cm³/mol. The van der Waals surface area contributed by atoms with E-state index in [9.17, 15) is 0 Å². The molecule has 0 aliphatic rings. The van der Waals surface area contributed by atoms with Gasteiger partial charge in [-0.3, -0.25) is 5.10 Å². The monoisotopic (exact) mass is 279 g/mol. The zero-order valence-corrected chi connectivity index (χ0v) is 10.7. The van der Waals surface area contributed by atoms with Crippen molar-refractivity contribution in [2.75, 3.05) is 0 Å². The molecule has 0 fully saturated rings. The van der Waals surface area contributed by atoms with Crippen LogP contribution in [-0.4, -0.2) is 10.2 Å². The number of H-pyrrole nitrogens is 1. The van der Waals surface area contributed by atoms with Crippen molar-refractivity contribution in [3.63, 3.8) is 0 Å². The van der Waals surface area contributed by atoms with Crippen LogP contribution < -0.4 is 5.32 Å². The normalized spacial score (nSPS) is 10.6. The van der Waals surface area contributed by atoms with Gasteiger partial charge in [0.25, 0.3) is 0 Å². The summed E-state index contributed by atoms with van der Waals surface area (Å²) in [6.45, 7) is 3.72. The fraction of sp³-hybridized carbons (Fsp3) is 0.250. The number of nitrogens with zero attached hydrogens (tertiary/aromatic N) is 1. The summed E-state index contributed by atoms with van der Waals surface area (Å²) in [5, 5.41) is 10.3. The third-order valence-electron chi connectivity index (χ3n) is 2.52. The maximum atomic E-state index is 3.99. The number of halogens is 1. The van der Waals surface area contributed by atoms with E-state index in [1.807, 2.05) is 25.3 Å². The molecule has 0 saturated carbocycles. The molecule has 0 saturated heterocycles. The highest BCUT2D eigenvalue weighted by molar-refractivity contribution is 9.10. The van der Waals surface area contributed by atoms with Gasteiger partial charge >= 0.3 is 0 Å². The van der Waals surface area contributed by atoms with Crippen LogP contribution in [0.3, 0.4) is 0 Å². The molecule has 4 heteroatoms. The molecule has 2 aromatic rings. The van der Waals surface area contributed by atoms with E-state index in [4.69, 9.17) is 0 Å². The van der Waals surface area contributed by atoms with Crippen LogP contribution in [0.4, 0.5) is 0 Å². The standard InChI is InChI=1S/C12H14BrN3/c1-9-11(8-15-16-9)7-14-6-10-4-2-3-5-12(10)13/h2-5,8,14H,6-7H2,1H3,(H,15,16). The van der Waals surface area contributed by atoms with E-state index in [0.717, 1.165) is 23.3 Å². The van der Waals surface area contributed by atoms with Crippen LogP contribution in [0.1, 0.15) is 16.8 Å². The summed E-state index contributed by atoms with van der Waals surface area (Å²) in [5.41, 5.74) is 3.61. The van der Waals surface area contributed by atoms with E-state index in [1.54, 1.807) is 0 Å². The third-order valence-corrected chi connectivity index (χ3v) is 3.30. The predicted octanol–water partition coefficient (Wildman–Crippen LogP) is 2.77. The molecule has 16 heavy (non-hydrogen) atoms. The topological polar surface area (TPSA) is 40.7 Å². The fourth-order valence-corrected chi connectivity index (χ4v) is 1.95. The Balaban J connectivity index is 1.89. The van der Waals surface area contributed by atoms with Gasteiger partial charge in [-0.2, -0.15) is 5.10 Å². The van der Waals surface area contributed by atoms with Crippen molar-refractivity contribution >= 4 is 15.9 Å². The number of hydrogen-bond acceptors (Lipinski definition) is 2. The first-order valence-electron chi connectivity index (χ1n) is 5.20. The van der Waals surface area contributed by atoms with Gasteiger partial charge in [-0.1, -0.05) is 34.1 Å². The lowest BCUT2D eigenvalue weighted by atomic mass is 10.2. The highest BCUT2D eigenvalue weighted by atomic mass is 79.9. The smallest absolute Gasteiger partial charge is 0.0535 e. The number of aromatic amines is 1. The summed E-state index contributed by atoms with van der Waals surface area (Å²) in [5.74, 6) is 0. The van der Waals surface area contributed by atoms with Crippen LogP contribution in [-0.2, 0) is 13.1 Å². The van der Waals surface area contributed by atoms with Gasteiger partial charge in [-0.25, -0.2) is 0 Å². The molecule has 3 nitrogen and oxygen atoms in total. The summed E-state index contributed by atoms with van der Waals surface area (Å²) in [6.07, 6.45) is 1.86. The summed E-state index contributed by atoms with van der Waals surface area (Å²) in [7, 11) is 0. The van der Waals surface area contributed by atoms with Crippen LogP contribution in [0.25, 0.3) is 0 Å². The van der Waals surface area contributed by atoms with Gasteiger partial charge in [0.05, 0.1) is 6.20 Å². The first kappa shape index (κ1) is 11.4. The van der Waals surface area contributed by atoms with Crippen LogP contribution in [0.5, 0.6) is 0 Å². The molecule has 0 unspecified atom stereocenters. The number of rotatable bonds is 4. The molecule has 84 valence electrons. The minimum absolute atomic E-state index is 0.837. The Morgan fingerprint density at radius 1 is 1.25 bits per heavy atom. The summed E-state index contributed by atoms with van der Waals surface area (Å²) >= 11 is 3.53. The average molecular weight is 280 g/mol. The fourth-order valence-electron chi connectivity index (χ4n) is 1.53. The molecule has 0 aliphatic heterocycles. The Morgan fingerprint density at radius 2 is 2.00 bits per heavy atom. The van der Waals surface area contributed by atoms with Crippen molar-refractivity contribution in [3.05, 3.63) is 51.8 Å². The molecule has 0 amide bonds. The number of aryl methyl sites for hydroxylation is 1. The molecule has 0 radical (unpaired) electrons. The van der Waals surface area contributed by atoms with E-state index in [-0.39, 0.29) is 0 Å². The molecule has 2 rings (SSSR count). The lowest BCUT2D eigenvalue weighted by molar-refractivity contribution is 0.689. The quantitative estimate of drug-likeness (QED) is 0.904. The van der Waals surface area contributed by atoms with Crippen LogP contribution in [0, 0.1) is 6.92 Å². The van der Waals surface area contributed by atoms with Crippen LogP contribution in [0.15, 0.2) is 34.9 Å². The first-order valence-corrected chi connectivity index (χ1v) is 5.99. The Morgan fingerprint density at radius 3 is 2.69 bits per heavy atom. The molecule has 0 spiro atoms. The molecule has 0 atom stereocenters. The molecule has 1 aromatic heterocycles. The van der Waals surface area contributed by atoms with E-state index in [2.05, 4.69) is 43.6 Å². The maximum absolute atomic E-state index is 3.99. The Labute approximate surface area is 103 Å². The van der Waals surface area contributed by atoms with E-state index in [1.165, 1.54) is 11.1 Å². The third kappa shape index (κ3) is 2.71. The summed E-state index contributed by atoms with van der Waals surface area (Å²) in [6, 6.07) is 8.23. The molecular weight excluding hydrogens is 266 g/mol. The van der Waals surface area contributed by atoms with Crippen molar-refractivity contribution in [3.8, 4) is 0 Å². The van der Waals surface area contributed by atoms with Crippen molar-refractivity contribution in [1.29, 1.82) is 0 Å². The highest BCUT2D eigenvalue weighted by Gasteiger charge is 2.01. The molecule has 1 heterocycles. The van der Waals surface area contributed by atoms with Gasteiger partial charge in [-0.15, -0.1) is 0 Å². The average Bonchev–Trinajstić information content (AvgIpc) is 2.67. The highest BCUT2D eigenvalue weighted by Crippen LogP contribution is 2.15. The second-order valence-electron chi connectivity index (χ2n) is 3.72. The molecule has 0 bridgehead atoms. The van der Waals surface area contributed by atoms with Crippen molar-refractivity contribution in [2.45, 2.75) is 20.0 Å². The van der Waals surface area contributed by atoms with Crippen molar-refractivity contribution in [1.82, 2.24) is 15.5 Å². The second kappa shape index (κ2) is 5.27. The Kier molecular flexibility index (Phi) is 3.74. The maximum Gasteiger partial charge on any atom is 0.0535 e. The van der Waals surface area contributed by atoms with Gasteiger partial charge in [0.1, 0.15) is 0 Å². The molecule has 1 aromatic carbocycles. The van der Waals surface area contributed by atoms with E-state index >= 15 is 0 Å². The zero-order chi connectivity index (χ0) is 11.4. The lowest BCUT2D eigenvalue weighted by Gasteiger charge is -2.06. The number of nitrogens with one attached hydrogen (secondary N) is 2. The van der Waals surface area contributed by atoms with E-state index < -0.39 is 0 Å². The molecule has 0 aliphatic carbocycles. The number of benzene rings is 1. The SMILES string of the molecule is Cc1[nH]ncc1CNCc1ccccc1Br. The minimum Gasteiger partial charge on any atom is -0.308 e. The minimum atomic E-state index is 0.837. The number of aromatic nitrogens is 2. The summed E-state index contributed by atoms with van der Waals surface area (Å²) in [4.78, 5) is 0. The molecular formula is C12H14BrN3. The van der Waals surface area contributed by atoms with Gasteiger partial charge in [-0.05, 0) is 18.6 Å². The second-order valence-corrected chi connectivity index (χ2v) is 4.57. The summed E-state index contributed by atoms with van der Waals surface area (Å²) < 4.78 is 1.14. The van der Waals surface area contributed by atoms with E-state index in [0.29, 0.717) is 0 Å². The lowest BCUT2D eigenvalue weighted by Crippen LogP contribution is -2.13. The number of hydrogen-bond donors (Lipinski definition) is 2. The zero-order valence-electron chi connectivity index (χ0n) is 9.13. The Bertz CT molecular complexity index is 465.